The van der Waals surface area contributed by atoms with E-state index in [1.807, 2.05) is 13.8 Å². The number of halogens is 2. The number of rotatable bonds is 3. The highest BCUT2D eigenvalue weighted by Crippen LogP contribution is 2.27. The van der Waals surface area contributed by atoms with Gasteiger partial charge in [-0.2, -0.15) is 0 Å². The van der Waals surface area contributed by atoms with Crippen LogP contribution in [0.1, 0.15) is 31.9 Å². The molecule has 0 aromatic heterocycles. The Labute approximate surface area is 92.1 Å². The van der Waals surface area contributed by atoms with E-state index in [0.717, 1.165) is 12.0 Å². The summed E-state index contributed by atoms with van der Waals surface area (Å²) in [5, 5.41) is 9.86. The quantitative estimate of drug-likeness (QED) is 0.880. The topological polar surface area (TPSA) is 20.2 Å². The number of hydrogen-bond acceptors (Lipinski definition) is 1. The lowest BCUT2D eigenvalue weighted by Gasteiger charge is -2.17. The third-order valence-corrected chi connectivity index (χ3v) is 3.08. The summed E-state index contributed by atoms with van der Waals surface area (Å²) < 4.78 is 13.3. The van der Waals surface area contributed by atoms with Gasteiger partial charge in [-0.25, -0.2) is 4.39 Å². The first-order valence-electron chi connectivity index (χ1n) is 4.69. The van der Waals surface area contributed by atoms with Gasteiger partial charge in [-0.3, -0.25) is 0 Å². The highest BCUT2D eigenvalue weighted by molar-refractivity contribution is 9.10. The molecule has 0 saturated carbocycles. The Morgan fingerprint density at radius 2 is 2.14 bits per heavy atom. The second-order valence-corrected chi connectivity index (χ2v) is 4.36. The second-order valence-electron chi connectivity index (χ2n) is 3.50. The summed E-state index contributed by atoms with van der Waals surface area (Å²) >= 11 is 3.10. The van der Waals surface area contributed by atoms with Crippen LogP contribution in [-0.4, -0.2) is 5.11 Å². The van der Waals surface area contributed by atoms with Crippen molar-refractivity contribution in [3.8, 4) is 0 Å². The Kier molecular flexibility index (Phi) is 4.08. The average Bonchev–Trinajstić information content (AvgIpc) is 2.20. The van der Waals surface area contributed by atoms with Crippen molar-refractivity contribution in [2.75, 3.05) is 0 Å². The third-order valence-electron chi connectivity index (χ3n) is 2.47. The van der Waals surface area contributed by atoms with Crippen LogP contribution in [0.15, 0.2) is 22.7 Å². The van der Waals surface area contributed by atoms with Crippen molar-refractivity contribution in [2.45, 2.75) is 26.4 Å². The molecule has 1 aromatic rings. The Hall–Kier alpha value is -0.410. The van der Waals surface area contributed by atoms with E-state index in [1.54, 1.807) is 12.1 Å². The van der Waals surface area contributed by atoms with Crippen LogP contribution in [0.5, 0.6) is 0 Å². The molecule has 1 aromatic carbocycles. The lowest BCUT2D eigenvalue weighted by molar-refractivity contribution is 0.115. The van der Waals surface area contributed by atoms with Gasteiger partial charge in [-0.1, -0.05) is 26.3 Å². The van der Waals surface area contributed by atoms with Crippen molar-refractivity contribution in [3.05, 3.63) is 34.1 Å². The Bertz CT molecular complexity index is 314. The number of aliphatic hydroxyl groups excluding tert-OH is 1. The maximum Gasteiger partial charge on any atom is 0.137 e. The van der Waals surface area contributed by atoms with Gasteiger partial charge in [-0.15, -0.1) is 0 Å². The predicted molar refractivity (Wildman–Crippen MR) is 58.5 cm³/mol. The van der Waals surface area contributed by atoms with Crippen LogP contribution < -0.4 is 0 Å². The fourth-order valence-electron chi connectivity index (χ4n) is 1.25. The van der Waals surface area contributed by atoms with Crippen LogP contribution >= 0.6 is 15.9 Å². The van der Waals surface area contributed by atoms with Crippen molar-refractivity contribution < 1.29 is 9.50 Å². The van der Waals surface area contributed by atoms with Gasteiger partial charge in [0.05, 0.1) is 10.6 Å². The van der Waals surface area contributed by atoms with Gasteiger partial charge in [0.25, 0.3) is 0 Å². The number of benzene rings is 1. The molecule has 1 N–H and O–H groups in total. The molecule has 0 bridgehead atoms. The minimum absolute atomic E-state index is 0.187. The molecule has 0 radical (unpaired) electrons. The van der Waals surface area contributed by atoms with Gasteiger partial charge in [0, 0.05) is 0 Å². The molecular weight excluding hydrogens is 247 g/mol. The molecule has 1 rings (SSSR count). The highest BCUT2D eigenvalue weighted by atomic mass is 79.9. The molecule has 2 atom stereocenters. The first kappa shape index (κ1) is 11.7. The lowest BCUT2D eigenvalue weighted by atomic mass is 9.95. The SMILES string of the molecule is CCC(C)C(O)c1ccc(F)c(Br)c1. The molecule has 0 amide bonds. The molecule has 3 heteroatoms. The molecule has 1 nitrogen and oxygen atoms in total. The van der Waals surface area contributed by atoms with Crippen molar-refractivity contribution in [3.63, 3.8) is 0 Å². The van der Waals surface area contributed by atoms with Gasteiger partial charge in [0.1, 0.15) is 5.82 Å². The molecule has 2 unspecified atom stereocenters. The van der Waals surface area contributed by atoms with Gasteiger partial charge >= 0.3 is 0 Å². The monoisotopic (exact) mass is 260 g/mol. The van der Waals surface area contributed by atoms with E-state index in [0.29, 0.717) is 4.47 Å². The maximum absolute atomic E-state index is 12.9. The van der Waals surface area contributed by atoms with Crippen LogP contribution in [0.4, 0.5) is 4.39 Å². The van der Waals surface area contributed by atoms with E-state index in [2.05, 4.69) is 15.9 Å². The van der Waals surface area contributed by atoms with E-state index in [-0.39, 0.29) is 11.7 Å². The van der Waals surface area contributed by atoms with Crippen LogP contribution in [-0.2, 0) is 0 Å². The normalized spacial score (nSPS) is 15.2. The molecule has 0 spiro atoms. The second kappa shape index (κ2) is 4.89. The summed E-state index contributed by atoms with van der Waals surface area (Å²) in [6.07, 6.45) is 0.382. The zero-order valence-corrected chi connectivity index (χ0v) is 9.88. The zero-order valence-electron chi connectivity index (χ0n) is 8.30. The number of aliphatic hydroxyl groups is 1. The van der Waals surface area contributed by atoms with E-state index in [4.69, 9.17) is 0 Å². The molecular formula is C11H14BrFO. The largest absolute Gasteiger partial charge is 0.388 e. The molecule has 0 fully saturated rings. The summed E-state index contributed by atoms with van der Waals surface area (Å²) in [4.78, 5) is 0. The summed E-state index contributed by atoms with van der Waals surface area (Å²) in [7, 11) is 0. The fraction of sp³-hybridized carbons (Fsp3) is 0.455. The number of hydrogen-bond donors (Lipinski definition) is 1. The zero-order chi connectivity index (χ0) is 10.7. The smallest absolute Gasteiger partial charge is 0.137 e. The van der Waals surface area contributed by atoms with Crippen molar-refractivity contribution >= 4 is 15.9 Å². The minimum Gasteiger partial charge on any atom is -0.388 e. The van der Waals surface area contributed by atoms with Crippen molar-refractivity contribution in [1.82, 2.24) is 0 Å². The standard InChI is InChI=1S/C11H14BrFO/c1-3-7(2)11(14)8-4-5-10(13)9(12)6-8/h4-7,11,14H,3H2,1-2H3. The summed E-state index contributed by atoms with van der Waals surface area (Å²) in [6, 6.07) is 4.62. The van der Waals surface area contributed by atoms with Gasteiger partial charge in [0.15, 0.2) is 0 Å². The Morgan fingerprint density at radius 1 is 1.50 bits per heavy atom. The predicted octanol–water partition coefficient (Wildman–Crippen LogP) is 3.67. The van der Waals surface area contributed by atoms with E-state index in [1.165, 1.54) is 6.07 Å². The third kappa shape index (κ3) is 2.55. The molecule has 14 heavy (non-hydrogen) atoms. The van der Waals surface area contributed by atoms with Gasteiger partial charge in [0.2, 0.25) is 0 Å². The summed E-state index contributed by atoms with van der Waals surface area (Å²) in [5.74, 6) is -0.113. The van der Waals surface area contributed by atoms with Crippen LogP contribution in [0.2, 0.25) is 0 Å². The van der Waals surface area contributed by atoms with Crippen LogP contribution in [0.3, 0.4) is 0 Å². The van der Waals surface area contributed by atoms with Crippen LogP contribution in [0, 0.1) is 11.7 Å². The molecule has 78 valence electrons. The summed E-state index contributed by atoms with van der Waals surface area (Å²) in [6.45, 7) is 3.99. The Balaban J connectivity index is 2.91. The van der Waals surface area contributed by atoms with Crippen molar-refractivity contribution in [2.24, 2.45) is 5.92 Å². The van der Waals surface area contributed by atoms with E-state index >= 15 is 0 Å². The maximum atomic E-state index is 12.9. The minimum atomic E-state index is -0.517. The molecule has 0 aliphatic rings. The lowest BCUT2D eigenvalue weighted by Crippen LogP contribution is -2.08. The molecule has 0 aliphatic heterocycles. The van der Waals surface area contributed by atoms with Crippen LogP contribution in [0.25, 0.3) is 0 Å². The Morgan fingerprint density at radius 3 is 2.64 bits per heavy atom. The highest BCUT2D eigenvalue weighted by Gasteiger charge is 2.15. The van der Waals surface area contributed by atoms with E-state index in [9.17, 15) is 9.50 Å². The molecule has 0 heterocycles. The first-order valence-corrected chi connectivity index (χ1v) is 5.48. The average molecular weight is 261 g/mol. The van der Waals surface area contributed by atoms with Gasteiger partial charge in [-0.05, 0) is 39.5 Å². The van der Waals surface area contributed by atoms with Crippen molar-refractivity contribution in [1.29, 1.82) is 0 Å². The van der Waals surface area contributed by atoms with E-state index < -0.39 is 6.10 Å². The first-order chi connectivity index (χ1) is 6.56. The van der Waals surface area contributed by atoms with Gasteiger partial charge < -0.3 is 5.11 Å². The molecule has 0 saturated heterocycles. The molecule has 0 aliphatic carbocycles. The summed E-state index contributed by atoms with van der Waals surface area (Å²) in [5.41, 5.74) is 0.757. The fourth-order valence-corrected chi connectivity index (χ4v) is 1.64.